The normalized spacial score (nSPS) is 17.8. The molecule has 0 radical (unpaired) electrons. The molecule has 2 aliphatic heterocycles. The molecule has 1 unspecified atom stereocenters. The number of rotatable bonds is 0. The maximum atomic E-state index is 13.3. The average Bonchev–Trinajstić information content (AvgIpc) is 2.78. The van der Waals surface area contributed by atoms with E-state index in [9.17, 15) is 9.18 Å². The molecule has 154 valence electrons. The van der Waals surface area contributed by atoms with Crippen molar-refractivity contribution < 1.29 is 4.39 Å². The van der Waals surface area contributed by atoms with Gasteiger partial charge in [0.05, 0.1) is 17.4 Å². The van der Waals surface area contributed by atoms with Crippen molar-refractivity contribution in [2.24, 2.45) is 0 Å². The number of aromatic nitrogens is 2. The lowest BCUT2D eigenvalue weighted by Gasteiger charge is -2.40. The second kappa shape index (κ2) is 8.81. The van der Waals surface area contributed by atoms with Gasteiger partial charge in [-0.1, -0.05) is 38.2 Å². The van der Waals surface area contributed by atoms with Crippen molar-refractivity contribution >= 4 is 10.9 Å². The van der Waals surface area contributed by atoms with Crippen LogP contribution in [0.15, 0.2) is 47.3 Å². The summed E-state index contributed by atoms with van der Waals surface area (Å²) in [5, 5.41) is 0.629. The van der Waals surface area contributed by atoms with Gasteiger partial charge in [0.2, 0.25) is 0 Å². The molecule has 0 saturated carbocycles. The predicted octanol–water partition coefficient (Wildman–Crippen LogP) is 4.33. The summed E-state index contributed by atoms with van der Waals surface area (Å²) in [6, 6.07) is 12.2. The summed E-state index contributed by atoms with van der Waals surface area (Å²) in [4.78, 5) is 20.2. The molecule has 0 aliphatic carbocycles. The monoisotopic (exact) mass is 403 g/mol. The zero-order chi connectivity index (χ0) is 21.1. The zero-order valence-corrected chi connectivity index (χ0v) is 17.5. The lowest BCUT2D eigenvalue weighted by molar-refractivity contribution is 0.0952. The van der Waals surface area contributed by atoms with Gasteiger partial charge in [-0.05, 0) is 55.8 Å². The van der Waals surface area contributed by atoms with Gasteiger partial charge in [0.15, 0.2) is 0 Å². The molecule has 3 heterocycles. The number of hydrogen-bond acceptors (Lipinski definition) is 3. The summed E-state index contributed by atoms with van der Waals surface area (Å²) in [6.07, 6.45) is 3.60. The van der Waals surface area contributed by atoms with E-state index in [1.165, 1.54) is 25.0 Å². The van der Waals surface area contributed by atoms with Crippen molar-refractivity contribution in [2.45, 2.75) is 52.2 Å². The highest BCUT2D eigenvalue weighted by Gasteiger charge is 2.29. The molecule has 0 amide bonds. The third-order valence-corrected chi connectivity index (χ3v) is 5.70. The van der Waals surface area contributed by atoms with Gasteiger partial charge in [-0.3, -0.25) is 14.3 Å². The highest BCUT2D eigenvalue weighted by Crippen LogP contribution is 2.25. The highest BCUT2D eigenvalue weighted by molar-refractivity contribution is 5.79. The fourth-order valence-corrected chi connectivity index (χ4v) is 4.23. The van der Waals surface area contributed by atoms with E-state index in [0.717, 1.165) is 37.4 Å². The zero-order valence-electron chi connectivity index (χ0n) is 17.5. The summed E-state index contributed by atoms with van der Waals surface area (Å²) in [5.74, 6) is 6.56. The van der Waals surface area contributed by atoms with E-state index < -0.39 is 0 Å². The molecule has 1 saturated heterocycles. The minimum atomic E-state index is -0.303. The Morgan fingerprint density at radius 2 is 1.87 bits per heavy atom. The molecule has 0 N–H and O–H groups in total. The fourth-order valence-electron chi connectivity index (χ4n) is 4.23. The molecule has 2 aromatic carbocycles. The summed E-state index contributed by atoms with van der Waals surface area (Å²) in [6.45, 7) is 6.55. The number of halogens is 1. The molecule has 0 bridgehead atoms. The maximum Gasteiger partial charge on any atom is 0.261 e. The van der Waals surface area contributed by atoms with Crippen LogP contribution in [0.1, 0.15) is 50.1 Å². The van der Waals surface area contributed by atoms with Crippen molar-refractivity contribution in [2.75, 3.05) is 6.54 Å². The smallest absolute Gasteiger partial charge is 0.261 e. The Morgan fingerprint density at radius 1 is 1.07 bits per heavy atom. The Balaban J connectivity index is 0.00000106. The third-order valence-electron chi connectivity index (χ3n) is 5.70. The van der Waals surface area contributed by atoms with Gasteiger partial charge in [-0.15, -0.1) is 0 Å². The highest BCUT2D eigenvalue weighted by atomic mass is 19.1. The largest absolute Gasteiger partial charge is 0.293 e. The Labute approximate surface area is 176 Å². The molecule has 30 heavy (non-hydrogen) atoms. The number of hydrogen-bond donors (Lipinski definition) is 0. The lowest BCUT2D eigenvalue weighted by atomic mass is 10.00. The second-order valence-corrected chi connectivity index (χ2v) is 7.56. The number of nitrogens with zero attached hydrogens (tertiary/aromatic N) is 3. The van der Waals surface area contributed by atoms with Crippen LogP contribution in [0.5, 0.6) is 0 Å². The SMILES string of the molecule is CC.O=c1c2ccc(C#Cc3cccc(F)c3)cc2nc2n1CC1CCCCN1C2. The Kier molecular flexibility index (Phi) is 5.96. The van der Waals surface area contributed by atoms with E-state index in [2.05, 4.69) is 16.7 Å². The molecule has 4 nitrogen and oxygen atoms in total. The number of fused-ring (bicyclic) bond motifs is 3. The Bertz CT molecular complexity index is 1190. The summed E-state index contributed by atoms with van der Waals surface area (Å²) in [5.41, 5.74) is 2.10. The van der Waals surface area contributed by atoms with Crippen LogP contribution in [0.4, 0.5) is 4.39 Å². The molecule has 5 rings (SSSR count). The third kappa shape index (κ3) is 4.01. The van der Waals surface area contributed by atoms with Crippen molar-refractivity contribution in [1.29, 1.82) is 0 Å². The van der Waals surface area contributed by atoms with E-state index >= 15 is 0 Å². The lowest BCUT2D eigenvalue weighted by Crippen LogP contribution is -2.49. The van der Waals surface area contributed by atoms with Crippen LogP contribution < -0.4 is 5.56 Å². The number of piperidine rings is 1. The van der Waals surface area contributed by atoms with E-state index in [1.54, 1.807) is 18.2 Å². The maximum absolute atomic E-state index is 13.3. The summed E-state index contributed by atoms with van der Waals surface area (Å²) < 4.78 is 15.2. The molecule has 2 aliphatic rings. The molecule has 1 fully saturated rings. The van der Waals surface area contributed by atoms with Gasteiger partial charge in [0.1, 0.15) is 11.6 Å². The first-order chi connectivity index (χ1) is 14.7. The van der Waals surface area contributed by atoms with Crippen molar-refractivity contribution in [3.05, 3.63) is 75.6 Å². The fraction of sp³-hybridized carbons (Fsp3) is 0.360. The van der Waals surface area contributed by atoms with Crippen LogP contribution in [0.25, 0.3) is 10.9 Å². The summed E-state index contributed by atoms with van der Waals surface area (Å²) >= 11 is 0. The quantitative estimate of drug-likeness (QED) is 0.525. The molecule has 0 spiro atoms. The van der Waals surface area contributed by atoms with Gasteiger partial charge in [0.25, 0.3) is 5.56 Å². The first-order valence-corrected chi connectivity index (χ1v) is 10.7. The van der Waals surface area contributed by atoms with Gasteiger partial charge in [-0.25, -0.2) is 9.37 Å². The standard InChI is InChI=1S/C23H20FN3O.C2H6/c24-18-5-3-4-16(12-18)7-8-17-9-10-20-21(13-17)25-22-15-26-11-2-1-6-19(26)14-27(22)23(20)28;1-2/h3-5,9-10,12-13,19H,1-2,6,11,14-15H2;1-2H3. The van der Waals surface area contributed by atoms with Crippen molar-refractivity contribution in [1.82, 2.24) is 14.5 Å². The molecule has 1 atom stereocenters. The van der Waals surface area contributed by atoms with E-state index in [1.807, 2.05) is 30.5 Å². The second-order valence-electron chi connectivity index (χ2n) is 7.56. The van der Waals surface area contributed by atoms with Crippen LogP contribution >= 0.6 is 0 Å². The van der Waals surface area contributed by atoms with Crippen LogP contribution in [-0.4, -0.2) is 27.0 Å². The van der Waals surface area contributed by atoms with Crippen LogP contribution in [0.3, 0.4) is 0 Å². The Morgan fingerprint density at radius 3 is 2.67 bits per heavy atom. The number of benzene rings is 2. The Hall–Kier alpha value is -2.97. The molecule has 5 heteroatoms. The van der Waals surface area contributed by atoms with E-state index in [-0.39, 0.29) is 11.4 Å². The van der Waals surface area contributed by atoms with Crippen LogP contribution in [0, 0.1) is 17.7 Å². The average molecular weight is 404 g/mol. The molecular weight excluding hydrogens is 377 g/mol. The van der Waals surface area contributed by atoms with Gasteiger partial charge >= 0.3 is 0 Å². The molecule has 1 aromatic heterocycles. The minimum absolute atomic E-state index is 0.0369. The van der Waals surface area contributed by atoms with Crippen LogP contribution in [0.2, 0.25) is 0 Å². The summed E-state index contributed by atoms with van der Waals surface area (Å²) in [7, 11) is 0. The molecular formula is C25H26FN3O. The molecule has 3 aromatic rings. The van der Waals surface area contributed by atoms with E-state index in [0.29, 0.717) is 22.5 Å². The first kappa shape index (κ1) is 20.3. The predicted molar refractivity (Wildman–Crippen MR) is 118 cm³/mol. The van der Waals surface area contributed by atoms with Gasteiger partial charge < -0.3 is 0 Å². The first-order valence-electron chi connectivity index (χ1n) is 10.7. The minimum Gasteiger partial charge on any atom is -0.293 e. The topological polar surface area (TPSA) is 38.1 Å². The van der Waals surface area contributed by atoms with Crippen LogP contribution in [-0.2, 0) is 13.1 Å². The van der Waals surface area contributed by atoms with Crippen molar-refractivity contribution in [3.63, 3.8) is 0 Å². The van der Waals surface area contributed by atoms with Gasteiger partial charge in [0, 0.05) is 23.7 Å². The van der Waals surface area contributed by atoms with Crippen molar-refractivity contribution in [3.8, 4) is 11.8 Å². The van der Waals surface area contributed by atoms with E-state index in [4.69, 9.17) is 4.98 Å². The van der Waals surface area contributed by atoms with Gasteiger partial charge in [-0.2, -0.15) is 0 Å².